The minimum Gasteiger partial charge on any atom is -0.454 e. The highest BCUT2D eigenvalue weighted by Crippen LogP contribution is 2.30. The van der Waals surface area contributed by atoms with E-state index >= 15 is 0 Å². The Morgan fingerprint density at radius 1 is 1.14 bits per heavy atom. The van der Waals surface area contributed by atoms with Gasteiger partial charge in [-0.15, -0.1) is 11.3 Å². The number of ether oxygens (including phenoxy) is 1. The minimum atomic E-state index is 0.197. The summed E-state index contributed by atoms with van der Waals surface area (Å²) in [6.07, 6.45) is 2.36. The number of nitrogens with zero attached hydrogens (tertiary/aromatic N) is 2. The highest BCUT2D eigenvalue weighted by molar-refractivity contribution is 7.07. The molecule has 0 amide bonds. The van der Waals surface area contributed by atoms with Crippen LogP contribution in [0.4, 0.5) is 5.69 Å². The van der Waals surface area contributed by atoms with E-state index < -0.39 is 0 Å². The molecule has 1 saturated heterocycles. The van der Waals surface area contributed by atoms with Crippen LogP contribution in [0.2, 0.25) is 5.02 Å². The fourth-order valence-electron chi connectivity index (χ4n) is 3.54. The molecule has 0 aliphatic carbocycles. The molecule has 1 atom stereocenters. The first-order valence-electron chi connectivity index (χ1n) is 9.36. The van der Waals surface area contributed by atoms with Crippen LogP contribution >= 0.6 is 22.9 Å². The molecular formula is C22H19ClN2O2S. The predicted molar refractivity (Wildman–Crippen MR) is 113 cm³/mol. The van der Waals surface area contributed by atoms with Gasteiger partial charge in [0.25, 0.3) is 0 Å². The van der Waals surface area contributed by atoms with Crippen molar-refractivity contribution in [1.29, 1.82) is 0 Å². The van der Waals surface area contributed by atoms with Crippen molar-refractivity contribution in [3.05, 3.63) is 69.8 Å². The normalized spacial score (nSPS) is 17.6. The molecule has 3 heterocycles. The number of aromatic nitrogens is 1. The Hall–Kier alpha value is -2.34. The van der Waals surface area contributed by atoms with E-state index in [9.17, 15) is 0 Å². The summed E-state index contributed by atoms with van der Waals surface area (Å²) in [6, 6.07) is 17.8. The summed E-state index contributed by atoms with van der Waals surface area (Å²) >= 11 is 7.92. The van der Waals surface area contributed by atoms with Crippen molar-refractivity contribution in [2.24, 2.45) is 4.99 Å². The molecule has 2 aromatic carbocycles. The Bertz CT molecular complexity index is 1150. The SMILES string of the molecule is Clc1ccccc1N=c1scc(-c2cc3ccccc3o2)n1CC1CCCO1. The fourth-order valence-corrected chi connectivity index (χ4v) is 4.63. The molecule has 1 fully saturated rings. The molecular weight excluding hydrogens is 392 g/mol. The number of para-hydroxylation sites is 2. The zero-order valence-corrected chi connectivity index (χ0v) is 16.7. The largest absolute Gasteiger partial charge is 0.454 e. The number of benzene rings is 2. The summed E-state index contributed by atoms with van der Waals surface area (Å²) in [5.74, 6) is 0.844. The Labute approximate surface area is 171 Å². The molecule has 0 spiro atoms. The van der Waals surface area contributed by atoms with E-state index in [-0.39, 0.29) is 6.10 Å². The number of hydrogen-bond acceptors (Lipinski definition) is 4. The van der Waals surface area contributed by atoms with Gasteiger partial charge in [0, 0.05) is 17.4 Å². The van der Waals surface area contributed by atoms with Crippen molar-refractivity contribution in [3.8, 4) is 11.5 Å². The summed E-state index contributed by atoms with van der Waals surface area (Å²) in [4.78, 5) is 5.72. The van der Waals surface area contributed by atoms with Crippen LogP contribution in [0.1, 0.15) is 12.8 Å². The second-order valence-electron chi connectivity index (χ2n) is 6.86. The second kappa shape index (κ2) is 7.59. The van der Waals surface area contributed by atoms with Gasteiger partial charge in [-0.1, -0.05) is 41.9 Å². The maximum atomic E-state index is 6.33. The van der Waals surface area contributed by atoms with E-state index in [2.05, 4.69) is 22.1 Å². The third-order valence-corrected chi connectivity index (χ3v) is 6.14. The van der Waals surface area contributed by atoms with Gasteiger partial charge in [-0.05, 0) is 37.1 Å². The van der Waals surface area contributed by atoms with E-state index in [1.54, 1.807) is 11.3 Å². The molecule has 4 aromatic rings. The van der Waals surface area contributed by atoms with Crippen LogP contribution in [-0.4, -0.2) is 17.3 Å². The molecule has 0 radical (unpaired) electrons. The summed E-state index contributed by atoms with van der Waals surface area (Å²) in [5, 5.41) is 3.84. The molecule has 2 aromatic heterocycles. The molecule has 1 aliphatic rings. The van der Waals surface area contributed by atoms with Gasteiger partial charge in [0.1, 0.15) is 5.58 Å². The molecule has 1 unspecified atom stereocenters. The van der Waals surface area contributed by atoms with Crippen molar-refractivity contribution in [1.82, 2.24) is 4.57 Å². The molecule has 6 heteroatoms. The lowest BCUT2D eigenvalue weighted by Crippen LogP contribution is -2.23. The topological polar surface area (TPSA) is 39.7 Å². The number of furan rings is 1. The first-order chi connectivity index (χ1) is 13.8. The fraction of sp³-hybridized carbons (Fsp3) is 0.227. The molecule has 0 N–H and O–H groups in total. The van der Waals surface area contributed by atoms with Crippen LogP contribution in [0.25, 0.3) is 22.4 Å². The zero-order chi connectivity index (χ0) is 18.9. The third-order valence-electron chi connectivity index (χ3n) is 4.95. The van der Waals surface area contributed by atoms with Crippen molar-refractivity contribution in [3.63, 3.8) is 0 Å². The number of halogens is 1. The monoisotopic (exact) mass is 410 g/mol. The Balaban J connectivity index is 1.64. The van der Waals surface area contributed by atoms with Gasteiger partial charge in [-0.2, -0.15) is 0 Å². The van der Waals surface area contributed by atoms with Gasteiger partial charge in [0.15, 0.2) is 10.6 Å². The standard InChI is InChI=1S/C22H19ClN2O2S/c23-17-8-2-3-9-18(17)24-22-25(13-16-7-5-11-26-16)19(14-28-22)21-12-15-6-1-4-10-20(15)27-21/h1-4,6,8-10,12,14,16H,5,7,11,13H2. The van der Waals surface area contributed by atoms with Gasteiger partial charge in [0.2, 0.25) is 0 Å². The maximum Gasteiger partial charge on any atom is 0.190 e. The van der Waals surface area contributed by atoms with Crippen LogP contribution in [0.15, 0.2) is 69.4 Å². The van der Waals surface area contributed by atoms with Crippen molar-refractivity contribution in [2.45, 2.75) is 25.5 Å². The van der Waals surface area contributed by atoms with Crippen LogP contribution < -0.4 is 4.80 Å². The predicted octanol–water partition coefficient (Wildman–Crippen LogP) is 6.03. The van der Waals surface area contributed by atoms with Crippen LogP contribution in [0, 0.1) is 0 Å². The quantitative estimate of drug-likeness (QED) is 0.412. The van der Waals surface area contributed by atoms with E-state index in [1.807, 2.05) is 42.5 Å². The molecule has 4 nitrogen and oxygen atoms in total. The Kier molecular flexibility index (Phi) is 4.81. The van der Waals surface area contributed by atoms with Gasteiger partial charge < -0.3 is 13.7 Å². The number of thiazole rings is 1. The third kappa shape index (κ3) is 3.41. The number of rotatable bonds is 4. The Morgan fingerprint density at radius 3 is 2.82 bits per heavy atom. The molecule has 0 bridgehead atoms. The summed E-state index contributed by atoms with van der Waals surface area (Å²) < 4.78 is 14.2. The van der Waals surface area contributed by atoms with Gasteiger partial charge in [-0.25, -0.2) is 4.99 Å². The molecule has 142 valence electrons. The molecule has 0 saturated carbocycles. The highest BCUT2D eigenvalue weighted by Gasteiger charge is 2.20. The second-order valence-corrected chi connectivity index (χ2v) is 8.10. The lowest BCUT2D eigenvalue weighted by Gasteiger charge is -2.13. The van der Waals surface area contributed by atoms with Crippen LogP contribution in [-0.2, 0) is 11.3 Å². The summed E-state index contributed by atoms with van der Waals surface area (Å²) in [5.41, 5.74) is 2.67. The lowest BCUT2D eigenvalue weighted by molar-refractivity contribution is 0.0967. The van der Waals surface area contributed by atoms with Crippen molar-refractivity contribution in [2.75, 3.05) is 6.61 Å². The summed E-state index contributed by atoms with van der Waals surface area (Å²) in [7, 11) is 0. The zero-order valence-electron chi connectivity index (χ0n) is 15.2. The lowest BCUT2D eigenvalue weighted by atomic mass is 10.2. The van der Waals surface area contributed by atoms with E-state index in [4.69, 9.17) is 25.7 Å². The minimum absolute atomic E-state index is 0.197. The average Bonchev–Trinajstić information content (AvgIpc) is 3.44. The van der Waals surface area contributed by atoms with Gasteiger partial charge in [0.05, 0.1) is 29.1 Å². The van der Waals surface area contributed by atoms with Crippen LogP contribution in [0.3, 0.4) is 0 Å². The van der Waals surface area contributed by atoms with Gasteiger partial charge in [-0.3, -0.25) is 0 Å². The Morgan fingerprint density at radius 2 is 2.00 bits per heavy atom. The average molecular weight is 411 g/mol. The first kappa shape index (κ1) is 17.7. The van der Waals surface area contributed by atoms with Gasteiger partial charge >= 0.3 is 0 Å². The van der Waals surface area contributed by atoms with Crippen LogP contribution in [0.5, 0.6) is 0 Å². The van der Waals surface area contributed by atoms with E-state index in [0.29, 0.717) is 5.02 Å². The van der Waals surface area contributed by atoms with E-state index in [1.165, 1.54) is 0 Å². The van der Waals surface area contributed by atoms with E-state index in [0.717, 1.165) is 58.9 Å². The molecule has 28 heavy (non-hydrogen) atoms. The maximum absolute atomic E-state index is 6.33. The number of hydrogen-bond donors (Lipinski definition) is 0. The van der Waals surface area contributed by atoms with Crippen molar-refractivity contribution >= 4 is 39.6 Å². The smallest absolute Gasteiger partial charge is 0.190 e. The number of fused-ring (bicyclic) bond motifs is 1. The molecule has 5 rings (SSSR count). The van der Waals surface area contributed by atoms with Crippen molar-refractivity contribution < 1.29 is 9.15 Å². The first-order valence-corrected chi connectivity index (χ1v) is 10.6. The summed E-state index contributed by atoms with van der Waals surface area (Å²) in [6.45, 7) is 1.57. The molecule has 1 aliphatic heterocycles. The highest BCUT2D eigenvalue weighted by atomic mass is 35.5.